The lowest BCUT2D eigenvalue weighted by molar-refractivity contribution is -0.136. The van der Waals surface area contributed by atoms with Crippen molar-refractivity contribution in [3.05, 3.63) is 59.2 Å². The summed E-state index contributed by atoms with van der Waals surface area (Å²) in [5.41, 5.74) is 2.55. The molecule has 36 heavy (non-hydrogen) atoms. The summed E-state index contributed by atoms with van der Waals surface area (Å²) >= 11 is 0. The molecule has 4 amide bonds. The number of urea groups is 1. The first kappa shape index (κ1) is 22.9. The number of benzene rings is 2. The maximum Gasteiger partial charge on any atom is 0.325 e. The highest BCUT2D eigenvalue weighted by Crippen LogP contribution is 2.37. The average Bonchev–Trinajstić information content (AvgIpc) is 3.58. The van der Waals surface area contributed by atoms with Crippen molar-refractivity contribution in [2.75, 3.05) is 19.9 Å². The highest BCUT2D eigenvalue weighted by atomic mass is 16.7. The molecule has 3 aliphatic heterocycles. The Balaban J connectivity index is 1.04. The van der Waals surface area contributed by atoms with Crippen molar-refractivity contribution in [2.45, 2.75) is 57.0 Å². The maximum absolute atomic E-state index is 13.6. The van der Waals surface area contributed by atoms with E-state index in [9.17, 15) is 14.4 Å². The maximum atomic E-state index is 13.6. The van der Waals surface area contributed by atoms with Crippen molar-refractivity contribution in [3.8, 4) is 11.5 Å². The number of carbonyl (C=O) groups excluding carboxylic acids is 3. The van der Waals surface area contributed by atoms with E-state index in [1.165, 1.54) is 16.0 Å². The molecule has 0 spiro atoms. The number of nitrogens with one attached hydrogen (secondary N) is 1. The molecule has 1 unspecified atom stereocenters. The fourth-order valence-corrected chi connectivity index (χ4v) is 6.22. The van der Waals surface area contributed by atoms with E-state index < -0.39 is 5.54 Å². The van der Waals surface area contributed by atoms with Gasteiger partial charge < -0.3 is 19.7 Å². The second-order valence-electron chi connectivity index (χ2n) is 10.5. The highest BCUT2D eigenvalue weighted by molar-refractivity contribution is 6.07. The molecule has 3 heterocycles. The molecule has 8 heteroatoms. The van der Waals surface area contributed by atoms with E-state index in [4.69, 9.17) is 9.47 Å². The van der Waals surface area contributed by atoms with Gasteiger partial charge in [0.1, 0.15) is 5.54 Å². The molecular formula is C28H31N3O5. The fourth-order valence-electron chi connectivity index (χ4n) is 6.22. The van der Waals surface area contributed by atoms with Gasteiger partial charge in [-0.2, -0.15) is 0 Å². The first-order valence-electron chi connectivity index (χ1n) is 12.8. The van der Waals surface area contributed by atoms with E-state index in [1.807, 2.05) is 42.2 Å². The van der Waals surface area contributed by atoms with Gasteiger partial charge in [0.15, 0.2) is 11.5 Å². The topological polar surface area (TPSA) is 88.2 Å². The molecule has 1 aliphatic carbocycles. The Labute approximate surface area is 210 Å². The van der Waals surface area contributed by atoms with E-state index in [2.05, 4.69) is 17.4 Å². The molecule has 1 N–H and O–H groups in total. The Kier molecular flexibility index (Phi) is 5.62. The van der Waals surface area contributed by atoms with Crippen molar-refractivity contribution in [1.82, 2.24) is 15.1 Å². The molecule has 6 rings (SSSR count). The van der Waals surface area contributed by atoms with Crippen LogP contribution in [0.1, 0.15) is 42.9 Å². The smallest absolute Gasteiger partial charge is 0.325 e. The lowest BCUT2D eigenvalue weighted by atomic mass is 9.78. The zero-order valence-corrected chi connectivity index (χ0v) is 20.5. The molecule has 2 fully saturated rings. The van der Waals surface area contributed by atoms with Crippen molar-refractivity contribution >= 4 is 17.8 Å². The first-order valence-corrected chi connectivity index (χ1v) is 12.8. The standard InChI is InChI=1S/C28H31N3O5/c1-28(26(33)31(27(34)29-28)22-15-19-4-2-3-5-20(19)16-22)21-10-12-30(13-11-21)25(32)9-7-18-6-8-23-24(14-18)36-17-35-23/h2-6,8,14,21-22H,7,9-13,15-17H2,1H3,(H,29,34). The molecule has 2 aromatic carbocycles. The van der Waals surface area contributed by atoms with Gasteiger partial charge in [0.25, 0.3) is 5.91 Å². The Morgan fingerprint density at radius 3 is 2.44 bits per heavy atom. The van der Waals surface area contributed by atoms with E-state index in [1.54, 1.807) is 0 Å². The summed E-state index contributed by atoms with van der Waals surface area (Å²) in [6.45, 7) is 3.29. The minimum absolute atomic E-state index is 0.000591. The molecule has 2 saturated heterocycles. The van der Waals surface area contributed by atoms with Crippen LogP contribution in [0.4, 0.5) is 4.79 Å². The Morgan fingerprint density at radius 1 is 1.03 bits per heavy atom. The monoisotopic (exact) mass is 489 g/mol. The van der Waals surface area contributed by atoms with Gasteiger partial charge in [-0.1, -0.05) is 30.3 Å². The zero-order valence-electron chi connectivity index (χ0n) is 20.5. The fraction of sp³-hybridized carbons (Fsp3) is 0.464. The second-order valence-corrected chi connectivity index (χ2v) is 10.5. The number of imide groups is 1. The molecule has 2 aromatic rings. The summed E-state index contributed by atoms with van der Waals surface area (Å²) in [4.78, 5) is 42.8. The van der Waals surface area contributed by atoms with Crippen molar-refractivity contribution in [1.29, 1.82) is 0 Å². The van der Waals surface area contributed by atoms with Gasteiger partial charge in [0, 0.05) is 25.6 Å². The number of fused-ring (bicyclic) bond motifs is 2. The largest absolute Gasteiger partial charge is 0.454 e. The quantitative estimate of drug-likeness (QED) is 0.653. The normalized spacial score (nSPS) is 23.8. The summed E-state index contributed by atoms with van der Waals surface area (Å²) in [6, 6.07) is 13.5. The zero-order chi connectivity index (χ0) is 24.9. The van der Waals surface area contributed by atoms with Gasteiger partial charge in [-0.05, 0) is 73.8 Å². The van der Waals surface area contributed by atoms with E-state index in [0.717, 1.165) is 17.1 Å². The molecule has 4 aliphatic rings. The Hall–Kier alpha value is -3.55. The number of amides is 4. The summed E-state index contributed by atoms with van der Waals surface area (Å²) in [6.07, 6.45) is 3.87. The van der Waals surface area contributed by atoms with Crippen LogP contribution in [0.15, 0.2) is 42.5 Å². The number of aryl methyl sites for hydroxylation is 1. The number of ether oxygens (including phenoxy) is 2. The third-order valence-electron chi connectivity index (χ3n) is 8.37. The van der Waals surface area contributed by atoms with Crippen LogP contribution in [-0.2, 0) is 28.9 Å². The van der Waals surface area contributed by atoms with Crippen molar-refractivity contribution in [2.24, 2.45) is 5.92 Å². The van der Waals surface area contributed by atoms with E-state index in [0.29, 0.717) is 51.6 Å². The number of likely N-dealkylation sites (tertiary alicyclic amines) is 1. The minimum atomic E-state index is -0.923. The van der Waals surface area contributed by atoms with Gasteiger partial charge in [-0.3, -0.25) is 14.5 Å². The predicted molar refractivity (Wildman–Crippen MR) is 132 cm³/mol. The molecule has 0 aromatic heterocycles. The van der Waals surface area contributed by atoms with Crippen LogP contribution >= 0.6 is 0 Å². The average molecular weight is 490 g/mol. The summed E-state index contributed by atoms with van der Waals surface area (Å²) in [5.74, 6) is 1.46. The van der Waals surface area contributed by atoms with Gasteiger partial charge in [0.2, 0.25) is 12.7 Å². The number of hydrogen-bond donors (Lipinski definition) is 1. The van der Waals surface area contributed by atoms with E-state index >= 15 is 0 Å². The van der Waals surface area contributed by atoms with Crippen molar-refractivity contribution in [3.63, 3.8) is 0 Å². The first-order chi connectivity index (χ1) is 17.4. The lowest BCUT2D eigenvalue weighted by Gasteiger charge is -2.39. The third-order valence-corrected chi connectivity index (χ3v) is 8.37. The molecular weight excluding hydrogens is 458 g/mol. The highest BCUT2D eigenvalue weighted by Gasteiger charge is 2.55. The molecule has 1 atom stereocenters. The van der Waals surface area contributed by atoms with E-state index in [-0.39, 0.29) is 36.6 Å². The van der Waals surface area contributed by atoms with Crippen LogP contribution in [0.5, 0.6) is 11.5 Å². The molecule has 8 nitrogen and oxygen atoms in total. The summed E-state index contributed by atoms with van der Waals surface area (Å²) in [5, 5.41) is 3.03. The van der Waals surface area contributed by atoms with Crippen LogP contribution in [0.2, 0.25) is 0 Å². The minimum Gasteiger partial charge on any atom is -0.454 e. The lowest BCUT2D eigenvalue weighted by Crippen LogP contribution is -2.55. The van der Waals surface area contributed by atoms with Crippen LogP contribution in [-0.4, -0.2) is 59.1 Å². The molecule has 188 valence electrons. The Morgan fingerprint density at radius 2 is 1.72 bits per heavy atom. The molecule has 0 bridgehead atoms. The number of carbonyl (C=O) groups is 3. The number of rotatable bonds is 5. The SMILES string of the molecule is CC1(C2CCN(C(=O)CCc3ccc4c(c3)OCO4)CC2)NC(=O)N(C2Cc3ccccc3C2)C1=O. The van der Waals surface area contributed by atoms with Crippen molar-refractivity contribution < 1.29 is 23.9 Å². The number of nitrogens with zero attached hydrogens (tertiary/aromatic N) is 2. The third kappa shape index (κ3) is 3.88. The number of hydrogen-bond acceptors (Lipinski definition) is 5. The van der Waals surface area contributed by atoms with Crippen LogP contribution < -0.4 is 14.8 Å². The number of piperidine rings is 1. The van der Waals surface area contributed by atoms with Crippen LogP contribution in [0.3, 0.4) is 0 Å². The van der Waals surface area contributed by atoms with Crippen LogP contribution in [0.25, 0.3) is 0 Å². The van der Waals surface area contributed by atoms with Gasteiger partial charge in [-0.25, -0.2) is 4.79 Å². The molecule has 0 saturated carbocycles. The second kappa shape index (κ2) is 8.84. The predicted octanol–water partition coefficient (Wildman–Crippen LogP) is 3.06. The van der Waals surface area contributed by atoms with Crippen LogP contribution in [0, 0.1) is 5.92 Å². The van der Waals surface area contributed by atoms with Gasteiger partial charge in [0.05, 0.1) is 0 Å². The van der Waals surface area contributed by atoms with Gasteiger partial charge >= 0.3 is 6.03 Å². The van der Waals surface area contributed by atoms with Gasteiger partial charge in [-0.15, -0.1) is 0 Å². The summed E-state index contributed by atoms with van der Waals surface area (Å²) < 4.78 is 10.8. The summed E-state index contributed by atoms with van der Waals surface area (Å²) in [7, 11) is 0. The Bertz CT molecular complexity index is 1200. The molecule has 0 radical (unpaired) electrons.